The summed E-state index contributed by atoms with van der Waals surface area (Å²) in [5.41, 5.74) is -1.39. The SMILES string of the molecule is CCn1cc(C(=O)O)c(=O)c2cc(F)c(N3CCN(C(=O)OC(C)(P(=O)(O)O)P(=O)(O)O)CC3)nc21. The minimum atomic E-state index is -5.59. The summed E-state index contributed by atoms with van der Waals surface area (Å²) in [5, 5.41) is 5.62. The van der Waals surface area contributed by atoms with Crippen LogP contribution in [-0.2, 0) is 20.4 Å². The number of piperazine rings is 1. The summed E-state index contributed by atoms with van der Waals surface area (Å²) in [7, 11) is -11.2. The summed E-state index contributed by atoms with van der Waals surface area (Å²) in [6, 6.07) is 0.880. The smallest absolute Gasteiger partial charge is 0.411 e. The van der Waals surface area contributed by atoms with Crippen molar-refractivity contribution in [1.29, 1.82) is 0 Å². The van der Waals surface area contributed by atoms with E-state index in [1.54, 1.807) is 6.92 Å². The molecule has 0 aliphatic carbocycles. The van der Waals surface area contributed by atoms with Gasteiger partial charge in [0.05, 0.1) is 5.39 Å². The number of hydrogen-bond donors (Lipinski definition) is 5. The van der Waals surface area contributed by atoms with Crippen LogP contribution in [0.4, 0.5) is 15.0 Å². The number of carbonyl (C=O) groups excluding carboxylic acids is 1. The van der Waals surface area contributed by atoms with Crippen molar-refractivity contribution in [2.75, 3.05) is 31.1 Å². The van der Waals surface area contributed by atoms with Gasteiger partial charge in [0.1, 0.15) is 11.2 Å². The van der Waals surface area contributed by atoms with Crippen LogP contribution in [0.2, 0.25) is 0 Å². The first-order valence-electron chi connectivity index (χ1n) is 10.3. The molecule has 1 fully saturated rings. The Bertz CT molecular complexity index is 1360. The van der Waals surface area contributed by atoms with Gasteiger partial charge in [-0.1, -0.05) is 0 Å². The molecule has 1 aliphatic heterocycles. The first-order valence-corrected chi connectivity index (χ1v) is 13.6. The van der Waals surface area contributed by atoms with E-state index in [0.717, 1.165) is 17.2 Å². The number of pyridine rings is 2. The van der Waals surface area contributed by atoms with Crippen LogP contribution in [-0.4, -0.2) is 82.5 Å². The second kappa shape index (κ2) is 9.54. The monoisotopic (exact) mass is 552 g/mol. The Morgan fingerprint density at radius 2 is 1.69 bits per heavy atom. The maximum absolute atomic E-state index is 14.9. The molecule has 0 atom stereocenters. The Labute approximate surface area is 202 Å². The van der Waals surface area contributed by atoms with Crippen LogP contribution in [0.1, 0.15) is 24.2 Å². The van der Waals surface area contributed by atoms with Gasteiger partial charge in [0.25, 0.3) is 0 Å². The number of amides is 1. The number of fused-ring (bicyclic) bond motifs is 1. The minimum Gasteiger partial charge on any atom is -0.477 e. The first kappa shape index (κ1) is 27.7. The van der Waals surface area contributed by atoms with Crippen molar-refractivity contribution in [3.05, 3.63) is 33.9 Å². The fourth-order valence-electron chi connectivity index (χ4n) is 3.51. The quantitative estimate of drug-likeness (QED) is 0.309. The summed E-state index contributed by atoms with van der Waals surface area (Å²) < 4.78 is 44.1. The van der Waals surface area contributed by atoms with Crippen LogP contribution in [0.25, 0.3) is 11.0 Å². The molecule has 0 unspecified atom stereocenters. The predicted molar refractivity (Wildman–Crippen MR) is 121 cm³/mol. The maximum atomic E-state index is 14.9. The molecular weight excluding hydrogens is 529 g/mol. The molecule has 0 saturated carbocycles. The van der Waals surface area contributed by atoms with Gasteiger partial charge in [-0.25, -0.2) is 19.0 Å². The number of ether oxygens (including phenoxy) is 1. The molecule has 198 valence electrons. The van der Waals surface area contributed by atoms with E-state index >= 15 is 0 Å². The van der Waals surface area contributed by atoms with Crippen LogP contribution < -0.4 is 10.3 Å². The summed E-state index contributed by atoms with van der Waals surface area (Å²) in [4.78, 5) is 80.2. The molecule has 2 aromatic heterocycles. The molecule has 2 aromatic rings. The van der Waals surface area contributed by atoms with Gasteiger partial charge >= 0.3 is 32.3 Å². The molecule has 3 rings (SSSR count). The van der Waals surface area contributed by atoms with Crippen LogP contribution in [0.3, 0.4) is 0 Å². The van der Waals surface area contributed by atoms with E-state index in [9.17, 15) is 52.6 Å². The van der Waals surface area contributed by atoms with Crippen molar-refractivity contribution in [3.8, 4) is 0 Å². The predicted octanol–water partition coefficient (Wildman–Crippen LogP) is 0.541. The molecule has 5 N–H and O–H groups in total. The Morgan fingerprint density at radius 3 is 2.17 bits per heavy atom. The zero-order valence-corrected chi connectivity index (χ0v) is 20.7. The maximum Gasteiger partial charge on any atom is 0.411 e. The van der Waals surface area contributed by atoms with Gasteiger partial charge in [0, 0.05) is 38.9 Å². The van der Waals surface area contributed by atoms with Gasteiger partial charge in [-0.15, -0.1) is 0 Å². The molecule has 18 heteroatoms. The number of anilines is 1. The molecule has 1 amide bonds. The average molecular weight is 552 g/mol. The van der Waals surface area contributed by atoms with Crippen molar-refractivity contribution in [1.82, 2.24) is 14.5 Å². The van der Waals surface area contributed by atoms with Crippen molar-refractivity contribution in [2.45, 2.75) is 25.5 Å². The van der Waals surface area contributed by atoms with Crippen LogP contribution in [0, 0.1) is 5.82 Å². The topological polar surface area (TPSA) is 220 Å². The van der Waals surface area contributed by atoms with Crippen molar-refractivity contribution in [2.24, 2.45) is 0 Å². The number of aromatic carboxylic acids is 1. The highest BCUT2D eigenvalue weighted by molar-refractivity contribution is 7.72. The number of aryl methyl sites for hydroxylation is 1. The molecule has 0 bridgehead atoms. The van der Waals surface area contributed by atoms with Crippen molar-refractivity contribution >= 4 is 44.1 Å². The van der Waals surface area contributed by atoms with Crippen LogP contribution in [0.5, 0.6) is 0 Å². The molecule has 15 nitrogen and oxygen atoms in total. The van der Waals surface area contributed by atoms with Gasteiger partial charge in [-0.05, 0) is 19.9 Å². The number of carbonyl (C=O) groups is 2. The largest absolute Gasteiger partial charge is 0.477 e. The van der Waals surface area contributed by atoms with E-state index in [2.05, 4.69) is 9.72 Å². The van der Waals surface area contributed by atoms with Gasteiger partial charge < -0.3 is 43.8 Å². The molecule has 3 heterocycles. The molecule has 36 heavy (non-hydrogen) atoms. The highest BCUT2D eigenvalue weighted by Crippen LogP contribution is 2.69. The fourth-order valence-corrected chi connectivity index (χ4v) is 5.26. The molecule has 0 spiro atoms. The number of carboxylic acid groups (broad SMARTS) is 1. The summed E-state index contributed by atoms with van der Waals surface area (Å²) >= 11 is 0. The van der Waals surface area contributed by atoms with Crippen molar-refractivity contribution < 1.29 is 52.5 Å². The standard InChI is InChI=1S/C18H23FN4O11P2/c1-3-21-9-11(16(25)26)13(24)10-8-12(19)15(20-14(10)21)22-4-6-23(7-5-22)17(27)34-18(2,35(28,29)30)36(31,32)33/h8-9H,3-7H2,1-2H3,(H,25,26)(H2,28,29,30)(H2,31,32,33). The molecule has 0 aromatic carbocycles. The minimum absolute atomic E-state index is 0.0461. The number of nitrogens with zero attached hydrogens (tertiary/aromatic N) is 4. The van der Waals surface area contributed by atoms with E-state index < -0.39 is 49.1 Å². The number of rotatable bonds is 6. The number of halogens is 1. The summed E-state index contributed by atoms with van der Waals surface area (Å²) in [6.07, 6.45) is -0.286. The number of carboxylic acids is 1. The van der Waals surface area contributed by atoms with E-state index in [1.807, 2.05) is 0 Å². The highest BCUT2D eigenvalue weighted by atomic mass is 31.2. The second-order valence-electron chi connectivity index (χ2n) is 7.99. The normalized spacial score (nSPS) is 15.3. The number of aromatic nitrogens is 2. The van der Waals surface area contributed by atoms with Gasteiger partial charge in [-0.3, -0.25) is 13.9 Å². The van der Waals surface area contributed by atoms with Crippen molar-refractivity contribution in [3.63, 3.8) is 0 Å². The zero-order chi connectivity index (χ0) is 27.2. The summed E-state index contributed by atoms with van der Waals surface area (Å²) in [5.74, 6) is -2.57. The highest BCUT2D eigenvalue weighted by Gasteiger charge is 2.60. The number of hydrogen-bond acceptors (Lipinski definition) is 8. The Hall–Kier alpha value is -2.87. The van der Waals surface area contributed by atoms with E-state index in [1.165, 1.54) is 9.47 Å². The third kappa shape index (κ3) is 4.88. The third-order valence-corrected chi connectivity index (χ3v) is 9.66. The fraction of sp³-hybridized carbons (Fsp3) is 0.444. The lowest BCUT2D eigenvalue weighted by Crippen LogP contribution is -2.51. The Balaban J connectivity index is 1.85. The van der Waals surface area contributed by atoms with E-state index in [0.29, 0.717) is 6.92 Å². The first-order chi connectivity index (χ1) is 16.5. The second-order valence-corrected chi connectivity index (χ2v) is 12.2. The van der Waals surface area contributed by atoms with Crippen LogP contribution in [0.15, 0.2) is 17.1 Å². The zero-order valence-electron chi connectivity index (χ0n) is 18.9. The molecular formula is C18H23FN4O11P2. The molecule has 1 aliphatic rings. The van der Waals surface area contributed by atoms with Crippen LogP contribution >= 0.6 is 15.2 Å². The molecule has 0 radical (unpaired) electrons. The lowest BCUT2D eigenvalue weighted by molar-refractivity contribution is 0.0565. The lowest BCUT2D eigenvalue weighted by Gasteiger charge is -2.37. The van der Waals surface area contributed by atoms with E-state index in [-0.39, 0.29) is 49.6 Å². The van der Waals surface area contributed by atoms with Gasteiger partial charge in [0.2, 0.25) is 5.43 Å². The average Bonchev–Trinajstić information content (AvgIpc) is 2.77. The molecule has 1 saturated heterocycles. The van der Waals surface area contributed by atoms with Gasteiger partial charge in [0.15, 0.2) is 11.6 Å². The van der Waals surface area contributed by atoms with Gasteiger partial charge in [-0.2, -0.15) is 0 Å². The Kier molecular flexibility index (Phi) is 7.34. The Morgan fingerprint density at radius 1 is 1.14 bits per heavy atom. The lowest BCUT2D eigenvalue weighted by atomic mass is 10.2. The summed E-state index contributed by atoms with van der Waals surface area (Å²) in [6.45, 7) is 1.84. The third-order valence-electron chi connectivity index (χ3n) is 5.75. The van der Waals surface area contributed by atoms with E-state index in [4.69, 9.17) is 0 Å².